The van der Waals surface area contributed by atoms with Gasteiger partial charge in [0.15, 0.2) is 0 Å². The van der Waals surface area contributed by atoms with Gasteiger partial charge in [0, 0.05) is 9.89 Å². The molecule has 2 aromatic rings. The van der Waals surface area contributed by atoms with Crippen molar-refractivity contribution >= 4 is 15.9 Å². The molecule has 0 spiro atoms. The highest BCUT2D eigenvalue weighted by Crippen LogP contribution is 2.51. The van der Waals surface area contributed by atoms with Crippen LogP contribution in [-0.4, -0.2) is 11.2 Å². The summed E-state index contributed by atoms with van der Waals surface area (Å²) in [5, 5.41) is 10.6. The average Bonchev–Trinajstić information content (AvgIpc) is 3.24. The first-order valence-corrected chi connectivity index (χ1v) is 7.48. The Kier molecular flexibility index (Phi) is 3.46. The van der Waals surface area contributed by atoms with E-state index in [9.17, 15) is 5.11 Å². The third kappa shape index (κ3) is 2.60. The number of benzene rings is 2. The molecule has 0 heterocycles. The Labute approximate surface area is 122 Å². The molecule has 0 radical (unpaired) electrons. The second kappa shape index (κ2) is 5.10. The van der Waals surface area contributed by atoms with E-state index in [0.29, 0.717) is 0 Å². The first-order valence-electron chi connectivity index (χ1n) is 6.69. The fourth-order valence-corrected chi connectivity index (χ4v) is 3.02. The van der Waals surface area contributed by atoms with Crippen molar-refractivity contribution < 1.29 is 5.11 Å². The van der Waals surface area contributed by atoms with Crippen molar-refractivity contribution in [3.05, 3.63) is 70.2 Å². The van der Waals surface area contributed by atoms with Gasteiger partial charge in [-0.2, -0.15) is 0 Å². The van der Waals surface area contributed by atoms with Crippen LogP contribution >= 0.6 is 15.9 Å². The Bertz CT molecular complexity index is 543. The van der Waals surface area contributed by atoms with Gasteiger partial charge < -0.3 is 5.11 Å². The van der Waals surface area contributed by atoms with Crippen LogP contribution in [0, 0.1) is 0 Å². The van der Waals surface area contributed by atoms with Crippen LogP contribution in [-0.2, 0) is 11.8 Å². The van der Waals surface area contributed by atoms with E-state index in [1.807, 2.05) is 18.2 Å². The van der Waals surface area contributed by atoms with Crippen molar-refractivity contribution in [2.45, 2.75) is 30.8 Å². The number of hydrogen-bond acceptors (Lipinski definition) is 1. The molecule has 0 amide bonds. The standard InChI is InChI=1S/C17H17BrO/c18-15-8-6-13(7-9-15)12-16(19)17(10-11-17)14-4-2-1-3-5-14/h1-9,16,19H,10-12H2. The summed E-state index contributed by atoms with van der Waals surface area (Å²) in [7, 11) is 0. The minimum atomic E-state index is -0.295. The largest absolute Gasteiger partial charge is 0.392 e. The number of aliphatic hydroxyl groups is 1. The predicted octanol–water partition coefficient (Wildman–Crippen LogP) is 4.08. The lowest BCUT2D eigenvalue weighted by molar-refractivity contribution is 0.131. The van der Waals surface area contributed by atoms with Crippen LogP contribution in [0.15, 0.2) is 59.1 Å². The molecule has 0 aromatic heterocycles. The molecule has 3 rings (SSSR count). The van der Waals surface area contributed by atoms with E-state index in [2.05, 4.69) is 52.3 Å². The van der Waals surface area contributed by atoms with Crippen LogP contribution in [0.3, 0.4) is 0 Å². The highest BCUT2D eigenvalue weighted by atomic mass is 79.9. The molecule has 1 nitrogen and oxygen atoms in total. The lowest BCUT2D eigenvalue weighted by atomic mass is 9.86. The molecule has 1 fully saturated rings. The molecule has 2 heteroatoms. The summed E-state index contributed by atoms with van der Waals surface area (Å²) < 4.78 is 1.08. The average molecular weight is 317 g/mol. The van der Waals surface area contributed by atoms with Gasteiger partial charge in [-0.05, 0) is 42.5 Å². The van der Waals surface area contributed by atoms with Crippen molar-refractivity contribution in [1.29, 1.82) is 0 Å². The highest BCUT2D eigenvalue weighted by Gasteiger charge is 2.49. The van der Waals surface area contributed by atoms with E-state index in [1.54, 1.807) is 0 Å². The topological polar surface area (TPSA) is 20.2 Å². The van der Waals surface area contributed by atoms with Gasteiger partial charge >= 0.3 is 0 Å². The summed E-state index contributed by atoms with van der Waals surface area (Å²) in [5.74, 6) is 0. The molecule has 98 valence electrons. The highest BCUT2D eigenvalue weighted by molar-refractivity contribution is 9.10. The summed E-state index contributed by atoms with van der Waals surface area (Å²) in [5.41, 5.74) is 2.46. The molecule has 1 unspecified atom stereocenters. The Balaban J connectivity index is 1.77. The second-order valence-corrected chi connectivity index (χ2v) is 6.28. The first kappa shape index (κ1) is 12.9. The quantitative estimate of drug-likeness (QED) is 0.901. The first-order chi connectivity index (χ1) is 9.21. The van der Waals surface area contributed by atoms with Crippen molar-refractivity contribution in [2.75, 3.05) is 0 Å². The van der Waals surface area contributed by atoms with Gasteiger partial charge in [0.25, 0.3) is 0 Å². The second-order valence-electron chi connectivity index (χ2n) is 5.37. The third-order valence-electron chi connectivity index (χ3n) is 4.12. The molecule has 1 N–H and O–H groups in total. The van der Waals surface area contributed by atoms with E-state index < -0.39 is 0 Å². The van der Waals surface area contributed by atoms with Crippen molar-refractivity contribution in [3.63, 3.8) is 0 Å². The molecule has 19 heavy (non-hydrogen) atoms. The molecule has 2 aromatic carbocycles. The van der Waals surface area contributed by atoms with Crippen LogP contribution in [0.1, 0.15) is 24.0 Å². The van der Waals surface area contributed by atoms with Crippen LogP contribution in [0.4, 0.5) is 0 Å². The van der Waals surface area contributed by atoms with Gasteiger partial charge in [-0.25, -0.2) is 0 Å². The fraction of sp³-hybridized carbons (Fsp3) is 0.294. The smallest absolute Gasteiger partial charge is 0.0677 e. The predicted molar refractivity (Wildman–Crippen MR) is 81.2 cm³/mol. The number of rotatable bonds is 4. The Morgan fingerprint density at radius 2 is 1.63 bits per heavy atom. The third-order valence-corrected chi connectivity index (χ3v) is 4.65. The number of halogens is 1. The van der Waals surface area contributed by atoms with Gasteiger partial charge in [0.05, 0.1) is 6.10 Å². The zero-order valence-corrected chi connectivity index (χ0v) is 12.3. The SMILES string of the molecule is OC(Cc1ccc(Br)cc1)C1(c2ccccc2)CC1. The summed E-state index contributed by atoms with van der Waals surface area (Å²) >= 11 is 3.44. The lowest BCUT2D eigenvalue weighted by Gasteiger charge is -2.23. The van der Waals surface area contributed by atoms with Gasteiger partial charge in [0.1, 0.15) is 0 Å². The summed E-state index contributed by atoms with van der Waals surface area (Å²) in [6.07, 6.45) is 2.61. The molecular weight excluding hydrogens is 300 g/mol. The monoisotopic (exact) mass is 316 g/mol. The summed E-state index contributed by atoms with van der Waals surface area (Å²) in [6, 6.07) is 18.6. The van der Waals surface area contributed by atoms with Gasteiger partial charge in [-0.1, -0.05) is 58.4 Å². The Morgan fingerprint density at radius 3 is 2.21 bits per heavy atom. The summed E-state index contributed by atoms with van der Waals surface area (Å²) in [6.45, 7) is 0. The van der Waals surface area contributed by atoms with Crippen molar-refractivity contribution in [2.24, 2.45) is 0 Å². The molecular formula is C17H17BrO. The van der Waals surface area contributed by atoms with E-state index in [4.69, 9.17) is 0 Å². The van der Waals surface area contributed by atoms with Crippen LogP contribution in [0.2, 0.25) is 0 Å². The zero-order valence-electron chi connectivity index (χ0n) is 10.7. The maximum Gasteiger partial charge on any atom is 0.0677 e. The molecule has 1 aliphatic carbocycles. The minimum Gasteiger partial charge on any atom is -0.392 e. The van der Waals surface area contributed by atoms with Crippen LogP contribution in [0.5, 0.6) is 0 Å². The maximum atomic E-state index is 10.6. The van der Waals surface area contributed by atoms with E-state index in [0.717, 1.165) is 23.7 Å². The van der Waals surface area contributed by atoms with Crippen molar-refractivity contribution in [3.8, 4) is 0 Å². The maximum absolute atomic E-state index is 10.6. The Morgan fingerprint density at radius 1 is 1.00 bits per heavy atom. The number of hydrogen-bond donors (Lipinski definition) is 1. The zero-order chi connectivity index (χ0) is 13.3. The van der Waals surface area contributed by atoms with Crippen LogP contribution in [0.25, 0.3) is 0 Å². The Hall–Kier alpha value is -1.12. The molecule has 1 aliphatic rings. The normalized spacial score (nSPS) is 18.0. The molecule has 0 bridgehead atoms. The van der Waals surface area contributed by atoms with Crippen LogP contribution < -0.4 is 0 Å². The summed E-state index contributed by atoms with van der Waals surface area (Å²) in [4.78, 5) is 0. The van der Waals surface area contributed by atoms with E-state index in [-0.39, 0.29) is 11.5 Å². The van der Waals surface area contributed by atoms with Gasteiger partial charge in [-0.15, -0.1) is 0 Å². The minimum absolute atomic E-state index is 0.00562. The van der Waals surface area contributed by atoms with E-state index >= 15 is 0 Å². The van der Waals surface area contributed by atoms with Gasteiger partial charge in [0.2, 0.25) is 0 Å². The number of aliphatic hydroxyl groups excluding tert-OH is 1. The molecule has 0 saturated heterocycles. The molecule has 1 atom stereocenters. The van der Waals surface area contributed by atoms with Gasteiger partial charge in [-0.3, -0.25) is 0 Å². The van der Waals surface area contributed by atoms with Crippen molar-refractivity contribution in [1.82, 2.24) is 0 Å². The molecule has 1 saturated carbocycles. The lowest BCUT2D eigenvalue weighted by Crippen LogP contribution is -2.28. The fourth-order valence-electron chi connectivity index (χ4n) is 2.76. The van der Waals surface area contributed by atoms with E-state index in [1.165, 1.54) is 11.1 Å². The molecule has 0 aliphatic heterocycles.